The van der Waals surface area contributed by atoms with Crippen molar-refractivity contribution >= 4 is 29.5 Å². The number of benzene rings is 1. The first-order valence-electron chi connectivity index (χ1n) is 5.91. The third kappa shape index (κ3) is 2.46. The van der Waals surface area contributed by atoms with Crippen molar-refractivity contribution in [2.24, 2.45) is 4.99 Å². The number of nitrogens with zero attached hydrogens (tertiary/aromatic N) is 2. The molecule has 0 aliphatic carbocycles. The second-order valence-electron chi connectivity index (χ2n) is 4.10. The van der Waals surface area contributed by atoms with E-state index in [1.165, 1.54) is 0 Å². The number of aliphatic imine (C=N–C) groups is 1. The van der Waals surface area contributed by atoms with Gasteiger partial charge in [-0.3, -0.25) is 4.98 Å². The Morgan fingerprint density at radius 2 is 1.85 bits per heavy atom. The zero-order chi connectivity index (χ0) is 13.9. The number of pyridine rings is 1. The van der Waals surface area contributed by atoms with Gasteiger partial charge in [-0.15, -0.1) is 0 Å². The van der Waals surface area contributed by atoms with Crippen LogP contribution in [0.4, 0.5) is 0 Å². The molecule has 4 nitrogen and oxygen atoms in total. The Morgan fingerprint density at radius 3 is 2.60 bits per heavy atom. The zero-order valence-electron chi connectivity index (χ0n) is 10.3. The fourth-order valence-corrected chi connectivity index (χ4v) is 1.99. The smallest absolute Gasteiger partial charge is 0.363 e. The van der Waals surface area contributed by atoms with E-state index in [1.807, 2.05) is 6.07 Å². The number of halogens is 1. The van der Waals surface area contributed by atoms with Crippen LogP contribution in [0.5, 0.6) is 0 Å². The topological polar surface area (TPSA) is 51.5 Å². The number of cyclic esters (lactones) is 1. The molecule has 0 saturated carbocycles. The van der Waals surface area contributed by atoms with Crippen molar-refractivity contribution in [1.82, 2.24) is 4.98 Å². The Morgan fingerprint density at radius 1 is 1.10 bits per heavy atom. The van der Waals surface area contributed by atoms with Gasteiger partial charge in [0, 0.05) is 12.4 Å². The molecule has 2 heterocycles. The van der Waals surface area contributed by atoms with Crippen LogP contribution in [0.2, 0.25) is 5.02 Å². The van der Waals surface area contributed by atoms with Gasteiger partial charge in [0.2, 0.25) is 5.90 Å². The number of rotatable bonds is 2. The average Bonchev–Trinajstić information content (AvgIpc) is 2.81. The quantitative estimate of drug-likeness (QED) is 0.629. The van der Waals surface area contributed by atoms with Crippen LogP contribution in [0.3, 0.4) is 0 Å². The highest BCUT2D eigenvalue weighted by atomic mass is 35.5. The molecular formula is C15H9ClN2O2. The van der Waals surface area contributed by atoms with E-state index in [0.29, 0.717) is 10.6 Å². The molecule has 1 aromatic heterocycles. The van der Waals surface area contributed by atoms with Crippen LogP contribution < -0.4 is 0 Å². The van der Waals surface area contributed by atoms with Crippen molar-refractivity contribution in [3.8, 4) is 0 Å². The van der Waals surface area contributed by atoms with Crippen LogP contribution in [0.25, 0.3) is 6.08 Å². The highest BCUT2D eigenvalue weighted by molar-refractivity contribution is 6.34. The molecule has 1 aliphatic heterocycles. The Kier molecular flexibility index (Phi) is 3.31. The first-order chi connectivity index (χ1) is 9.74. The molecule has 98 valence electrons. The van der Waals surface area contributed by atoms with Crippen molar-refractivity contribution in [2.45, 2.75) is 0 Å². The molecule has 2 aromatic rings. The van der Waals surface area contributed by atoms with Gasteiger partial charge in [-0.1, -0.05) is 23.7 Å². The normalized spacial score (nSPS) is 16.1. The second kappa shape index (κ2) is 5.27. The van der Waals surface area contributed by atoms with Gasteiger partial charge in [-0.05, 0) is 35.9 Å². The number of carbonyl (C=O) groups is 1. The highest BCUT2D eigenvalue weighted by Gasteiger charge is 2.25. The standard InChI is InChI=1S/C15H9ClN2O2/c16-12-4-2-1-3-11(12)14-18-13(15(19)20-14)9-10-5-7-17-8-6-10/h1-9H/b13-9-. The maximum Gasteiger partial charge on any atom is 0.363 e. The van der Waals surface area contributed by atoms with Crippen LogP contribution >= 0.6 is 11.6 Å². The first kappa shape index (κ1) is 12.6. The first-order valence-corrected chi connectivity index (χ1v) is 6.29. The van der Waals surface area contributed by atoms with Gasteiger partial charge in [-0.2, -0.15) is 0 Å². The Hall–Kier alpha value is -2.46. The molecule has 1 aliphatic rings. The molecule has 0 fully saturated rings. The predicted octanol–water partition coefficient (Wildman–Crippen LogP) is 3.08. The summed E-state index contributed by atoms with van der Waals surface area (Å²) in [6.45, 7) is 0. The Bertz CT molecular complexity index is 724. The van der Waals surface area contributed by atoms with Crippen LogP contribution in [-0.2, 0) is 9.53 Å². The number of hydrogen-bond donors (Lipinski definition) is 0. The van der Waals surface area contributed by atoms with Gasteiger partial charge >= 0.3 is 5.97 Å². The van der Waals surface area contributed by atoms with E-state index in [0.717, 1.165) is 5.56 Å². The van der Waals surface area contributed by atoms with E-state index in [1.54, 1.807) is 48.8 Å². The summed E-state index contributed by atoms with van der Waals surface area (Å²) in [5.41, 5.74) is 1.67. The summed E-state index contributed by atoms with van der Waals surface area (Å²) in [7, 11) is 0. The predicted molar refractivity (Wildman–Crippen MR) is 76.3 cm³/mol. The van der Waals surface area contributed by atoms with Gasteiger partial charge in [0.25, 0.3) is 0 Å². The van der Waals surface area contributed by atoms with Gasteiger partial charge in [0.05, 0.1) is 10.6 Å². The minimum atomic E-state index is -0.489. The summed E-state index contributed by atoms with van der Waals surface area (Å²) in [6, 6.07) is 10.6. The van der Waals surface area contributed by atoms with E-state index >= 15 is 0 Å². The number of carbonyl (C=O) groups excluding carboxylic acids is 1. The maximum absolute atomic E-state index is 11.8. The summed E-state index contributed by atoms with van der Waals surface area (Å²) < 4.78 is 5.16. The molecule has 0 saturated heterocycles. The number of esters is 1. The van der Waals surface area contributed by atoms with Crippen LogP contribution in [0.15, 0.2) is 59.5 Å². The second-order valence-corrected chi connectivity index (χ2v) is 4.50. The Balaban J connectivity index is 1.98. The van der Waals surface area contributed by atoms with Gasteiger partial charge < -0.3 is 4.74 Å². The van der Waals surface area contributed by atoms with Crippen molar-refractivity contribution in [1.29, 1.82) is 0 Å². The third-order valence-corrected chi connectivity index (χ3v) is 3.06. The SMILES string of the molecule is O=C1OC(c2ccccc2Cl)=N/C1=C\c1ccncc1. The molecule has 0 unspecified atom stereocenters. The molecule has 5 heteroatoms. The van der Waals surface area contributed by atoms with Crippen LogP contribution in [0.1, 0.15) is 11.1 Å². The fourth-order valence-electron chi connectivity index (χ4n) is 1.78. The molecule has 0 atom stereocenters. The highest BCUT2D eigenvalue weighted by Crippen LogP contribution is 2.23. The van der Waals surface area contributed by atoms with E-state index in [4.69, 9.17) is 16.3 Å². The third-order valence-electron chi connectivity index (χ3n) is 2.73. The van der Waals surface area contributed by atoms with E-state index in [-0.39, 0.29) is 11.6 Å². The van der Waals surface area contributed by atoms with Gasteiger partial charge in [0.15, 0.2) is 5.70 Å². The minimum absolute atomic E-state index is 0.223. The van der Waals surface area contributed by atoms with Crippen LogP contribution in [0, 0.1) is 0 Å². The van der Waals surface area contributed by atoms with E-state index < -0.39 is 5.97 Å². The van der Waals surface area contributed by atoms with Crippen molar-refractivity contribution in [3.05, 3.63) is 70.6 Å². The van der Waals surface area contributed by atoms with Crippen molar-refractivity contribution in [3.63, 3.8) is 0 Å². The molecule has 1 aromatic carbocycles. The summed E-state index contributed by atoms with van der Waals surface area (Å²) in [5, 5.41) is 0.490. The number of hydrogen-bond acceptors (Lipinski definition) is 4. The van der Waals surface area contributed by atoms with E-state index in [2.05, 4.69) is 9.98 Å². The molecule has 3 rings (SSSR count). The van der Waals surface area contributed by atoms with Crippen molar-refractivity contribution in [2.75, 3.05) is 0 Å². The minimum Gasteiger partial charge on any atom is -0.402 e. The lowest BCUT2D eigenvalue weighted by atomic mass is 10.2. The molecule has 0 bridgehead atoms. The van der Waals surface area contributed by atoms with Gasteiger partial charge in [-0.25, -0.2) is 9.79 Å². The Labute approximate surface area is 120 Å². The monoisotopic (exact) mass is 284 g/mol. The number of aromatic nitrogens is 1. The molecule has 0 spiro atoms. The molecule has 0 radical (unpaired) electrons. The molecular weight excluding hydrogens is 276 g/mol. The fraction of sp³-hybridized carbons (Fsp3) is 0. The lowest BCUT2D eigenvalue weighted by Gasteiger charge is -2.00. The summed E-state index contributed by atoms with van der Waals surface area (Å²) in [5.74, 6) is -0.266. The maximum atomic E-state index is 11.8. The zero-order valence-corrected chi connectivity index (χ0v) is 11.0. The van der Waals surface area contributed by atoms with Crippen molar-refractivity contribution < 1.29 is 9.53 Å². The molecule has 20 heavy (non-hydrogen) atoms. The summed E-state index contributed by atoms with van der Waals surface area (Å²) >= 11 is 6.06. The summed E-state index contributed by atoms with van der Waals surface area (Å²) in [4.78, 5) is 19.9. The molecule has 0 amide bonds. The average molecular weight is 285 g/mol. The van der Waals surface area contributed by atoms with Crippen LogP contribution in [-0.4, -0.2) is 16.9 Å². The van der Waals surface area contributed by atoms with Gasteiger partial charge in [0.1, 0.15) is 0 Å². The molecule has 0 N–H and O–H groups in total. The lowest BCUT2D eigenvalue weighted by Crippen LogP contribution is -2.05. The van der Waals surface area contributed by atoms with E-state index in [9.17, 15) is 4.79 Å². The largest absolute Gasteiger partial charge is 0.402 e. The summed E-state index contributed by atoms with van der Waals surface area (Å²) in [6.07, 6.45) is 4.94. The lowest BCUT2D eigenvalue weighted by molar-refractivity contribution is -0.129. The number of ether oxygens (including phenoxy) is 1.